The lowest BCUT2D eigenvalue weighted by molar-refractivity contribution is -0.138. The van der Waals surface area contributed by atoms with E-state index in [2.05, 4.69) is 26.9 Å². The number of aliphatic carboxylic acids is 1. The van der Waals surface area contributed by atoms with Crippen LogP contribution in [0.3, 0.4) is 0 Å². The number of methoxy groups -OCH3 is 1. The molecule has 1 aromatic carbocycles. The SMILES string of the molecule is COc1ccc(Br)cc1CN1CCCN(CC(=O)O)CC1. The van der Waals surface area contributed by atoms with Gasteiger partial charge in [0.1, 0.15) is 5.75 Å². The highest BCUT2D eigenvalue weighted by molar-refractivity contribution is 9.10. The first-order valence-electron chi connectivity index (χ1n) is 7.07. The highest BCUT2D eigenvalue weighted by Gasteiger charge is 2.17. The van der Waals surface area contributed by atoms with Crippen LogP contribution in [0.15, 0.2) is 22.7 Å². The molecule has 1 heterocycles. The molecule has 0 saturated carbocycles. The monoisotopic (exact) mass is 356 g/mol. The fourth-order valence-corrected chi connectivity index (χ4v) is 3.05. The molecule has 116 valence electrons. The molecular weight excluding hydrogens is 336 g/mol. The average molecular weight is 357 g/mol. The van der Waals surface area contributed by atoms with Gasteiger partial charge in [0, 0.05) is 36.2 Å². The molecule has 21 heavy (non-hydrogen) atoms. The molecule has 0 bridgehead atoms. The summed E-state index contributed by atoms with van der Waals surface area (Å²) in [6.45, 7) is 4.45. The second kappa shape index (κ2) is 7.77. The van der Waals surface area contributed by atoms with E-state index in [9.17, 15) is 4.79 Å². The van der Waals surface area contributed by atoms with Crippen molar-refractivity contribution in [2.45, 2.75) is 13.0 Å². The lowest BCUT2D eigenvalue weighted by Gasteiger charge is -2.22. The Balaban J connectivity index is 1.97. The largest absolute Gasteiger partial charge is 0.496 e. The molecule has 1 saturated heterocycles. The predicted molar refractivity (Wildman–Crippen MR) is 84.7 cm³/mol. The standard InChI is InChI=1S/C15H21BrN2O3/c1-21-14-4-3-13(16)9-12(14)10-17-5-2-6-18(8-7-17)11-15(19)20/h3-4,9H,2,5-8,10-11H2,1H3,(H,19,20). The molecule has 1 aliphatic rings. The second-order valence-electron chi connectivity index (χ2n) is 5.26. The van der Waals surface area contributed by atoms with Gasteiger partial charge in [0.05, 0.1) is 13.7 Å². The molecule has 6 heteroatoms. The Labute approximate surface area is 133 Å². The lowest BCUT2D eigenvalue weighted by Crippen LogP contribution is -2.34. The van der Waals surface area contributed by atoms with Crippen molar-refractivity contribution in [3.05, 3.63) is 28.2 Å². The van der Waals surface area contributed by atoms with Crippen molar-refractivity contribution in [3.8, 4) is 5.75 Å². The summed E-state index contributed by atoms with van der Waals surface area (Å²) >= 11 is 3.49. The number of nitrogens with zero attached hydrogens (tertiary/aromatic N) is 2. The van der Waals surface area contributed by atoms with Crippen LogP contribution in [-0.4, -0.2) is 60.7 Å². The number of carboxylic acid groups (broad SMARTS) is 1. The normalized spacial score (nSPS) is 17.4. The average Bonchev–Trinajstić information content (AvgIpc) is 2.64. The molecule has 2 rings (SSSR count). The Hall–Kier alpha value is -1.11. The second-order valence-corrected chi connectivity index (χ2v) is 6.17. The zero-order valence-corrected chi connectivity index (χ0v) is 13.8. The van der Waals surface area contributed by atoms with E-state index in [1.165, 1.54) is 0 Å². The third-order valence-corrected chi connectivity index (χ3v) is 4.17. The van der Waals surface area contributed by atoms with Gasteiger partial charge in [0.15, 0.2) is 0 Å². The minimum atomic E-state index is -0.753. The van der Waals surface area contributed by atoms with Crippen molar-refractivity contribution in [3.63, 3.8) is 0 Å². The number of carbonyl (C=O) groups is 1. The smallest absolute Gasteiger partial charge is 0.317 e. The molecule has 1 N–H and O–H groups in total. The molecular formula is C15H21BrN2O3. The highest BCUT2D eigenvalue weighted by Crippen LogP contribution is 2.24. The topological polar surface area (TPSA) is 53.0 Å². The van der Waals surface area contributed by atoms with E-state index >= 15 is 0 Å². The number of benzene rings is 1. The maximum absolute atomic E-state index is 10.8. The summed E-state index contributed by atoms with van der Waals surface area (Å²) in [6, 6.07) is 6.02. The summed E-state index contributed by atoms with van der Waals surface area (Å²) in [5, 5.41) is 8.88. The molecule has 1 aliphatic heterocycles. The van der Waals surface area contributed by atoms with Crippen LogP contribution in [0.1, 0.15) is 12.0 Å². The van der Waals surface area contributed by atoms with Gasteiger partial charge in [-0.3, -0.25) is 14.6 Å². The highest BCUT2D eigenvalue weighted by atomic mass is 79.9. The summed E-state index contributed by atoms with van der Waals surface area (Å²) in [5.74, 6) is 0.141. The Morgan fingerprint density at radius 2 is 2.00 bits per heavy atom. The van der Waals surface area contributed by atoms with Gasteiger partial charge in [0.2, 0.25) is 0 Å². The molecule has 0 spiro atoms. The van der Waals surface area contributed by atoms with Crippen LogP contribution in [0.5, 0.6) is 5.75 Å². The van der Waals surface area contributed by atoms with Crippen molar-refractivity contribution < 1.29 is 14.6 Å². The van der Waals surface area contributed by atoms with E-state index in [1.54, 1.807) is 7.11 Å². The summed E-state index contributed by atoms with van der Waals surface area (Å²) in [6.07, 6.45) is 0.990. The van der Waals surface area contributed by atoms with E-state index in [-0.39, 0.29) is 6.54 Å². The summed E-state index contributed by atoms with van der Waals surface area (Å²) in [7, 11) is 1.68. The molecule has 0 amide bonds. The summed E-state index contributed by atoms with van der Waals surface area (Å²) < 4.78 is 6.45. The van der Waals surface area contributed by atoms with Crippen molar-refractivity contribution in [1.82, 2.24) is 9.80 Å². The van der Waals surface area contributed by atoms with E-state index in [1.807, 2.05) is 17.0 Å². The van der Waals surface area contributed by atoms with Gasteiger partial charge >= 0.3 is 5.97 Å². The molecule has 5 nitrogen and oxygen atoms in total. The van der Waals surface area contributed by atoms with Crippen LogP contribution in [0.25, 0.3) is 0 Å². The quantitative estimate of drug-likeness (QED) is 0.874. The number of ether oxygens (including phenoxy) is 1. The fourth-order valence-electron chi connectivity index (χ4n) is 2.64. The molecule has 0 atom stereocenters. The minimum absolute atomic E-state index is 0.133. The van der Waals surface area contributed by atoms with Crippen LogP contribution >= 0.6 is 15.9 Å². The molecule has 1 fully saturated rings. The summed E-state index contributed by atoms with van der Waals surface area (Å²) in [5.41, 5.74) is 1.15. The van der Waals surface area contributed by atoms with Gasteiger partial charge in [-0.2, -0.15) is 0 Å². The minimum Gasteiger partial charge on any atom is -0.496 e. The van der Waals surface area contributed by atoms with Gasteiger partial charge in [-0.15, -0.1) is 0 Å². The molecule has 0 aliphatic carbocycles. The first-order chi connectivity index (χ1) is 10.1. The van der Waals surface area contributed by atoms with E-state index in [0.717, 1.165) is 54.9 Å². The van der Waals surface area contributed by atoms with Gasteiger partial charge in [0.25, 0.3) is 0 Å². The lowest BCUT2D eigenvalue weighted by atomic mass is 10.2. The van der Waals surface area contributed by atoms with Gasteiger partial charge in [-0.1, -0.05) is 15.9 Å². The Morgan fingerprint density at radius 1 is 1.29 bits per heavy atom. The number of hydrogen-bond acceptors (Lipinski definition) is 4. The summed E-state index contributed by atoms with van der Waals surface area (Å²) in [4.78, 5) is 15.2. The number of carboxylic acids is 1. The molecule has 0 radical (unpaired) electrons. The Kier molecular flexibility index (Phi) is 6.02. The van der Waals surface area contributed by atoms with Crippen LogP contribution in [0, 0.1) is 0 Å². The zero-order valence-electron chi connectivity index (χ0n) is 12.2. The molecule has 1 aromatic rings. The van der Waals surface area contributed by atoms with Crippen molar-refractivity contribution in [1.29, 1.82) is 0 Å². The maximum Gasteiger partial charge on any atom is 0.317 e. The van der Waals surface area contributed by atoms with Gasteiger partial charge in [-0.05, 0) is 31.2 Å². The third kappa shape index (κ3) is 4.98. The van der Waals surface area contributed by atoms with Crippen molar-refractivity contribution in [2.75, 3.05) is 39.8 Å². The van der Waals surface area contributed by atoms with E-state index in [4.69, 9.17) is 9.84 Å². The first-order valence-corrected chi connectivity index (χ1v) is 7.86. The molecule has 0 unspecified atom stereocenters. The predicted octanol–water partition coefficient (Wildman–Crippen LogP) is 2.05. The van der Waals surface area contributed by atoms with Gasteiger partial charge in [-0.25, -0.2) is 0 Å². The van der Waals surface area contributed by atoms with E-state index in [0.29, 0.717) is 0 Å². The third-order valence-electron chi connectivity index (χ3n) is 3.68. The fraction of sp³-hybridized carbons (Fsp3) is 0.533. The zero-order chi connectivity index (χ0) is 15.2. The van der Waals surface area contributed by atoms with Gasteiger partial charge < -0.3 is 9.84 Å². The van der Waals surface area contributed by atoms with Crippen LogP contribution < -0.4 is 4.74 Å². The number of rotatable bonds is 5. The number of hydrogen-bond donors (Lipinski definition) is 1. The van der Waals surface area contributed by atoms with Crippen LogP contribution in [-0.2, 0) is 11.3 Å². The number of halogens is 1. The first kappa shape index (κ1) is 16.3. The Bertz CT molecular complexity index is 496. The van der Waals surface area contributed by atoms with E-state index < -0.39 is 5.97 Å². The maximum atomic E-state index is 10.8. The molecule has 0 aromatic heterocycles. The van der Waals surface area contributed by atoms with Crippen molar-refractivity contribution in [2.24, 2.45) is 0 Å². The van der Waals surface area contributed by atoms with Crippen LogP contribution in [0.2, 0.25) is 0 Å². The Morgan fingerprint density at radius 3 is 2.71 bits per heavy atom. The van der Waals surface area contributed by atoms with Crippen LogP contribution in [0.4, 0.5) is 0 Å². The van der Waals surface area contributed by atoms with Crippen molar-refractivity contribution >= 4 is 21.9 Å².